The fraction of sp³-hybridized carbons (Fsp3) is 0.750. The molecule has 1 aromatic rings. The minimum absolute atomic E-state index is 0.0746. The molecule has 1 fully saturated rings. The van der Waals surface area contributed by atoms with Crippen LogP contribution >= 0.6 is 0 Å². The van der Waals surface area contributed by atoms with E-state index in [9.17, 15) is 8.42 Å². The van der Waals surface area contributed by atoms with E-state index in [0.717, 1.165) is 19.4 Å². The largest absolute Gasteiger partial charge is 0.339 e. The summed E-state index contributed by atoms with van der Waals surface area (Å²) < 4.78 is 28.4. The number of nitrogens with zero attached hydrogens (tertiary/aromatic N) is 3. The third kappa shape index (κ3) is 3.16. The maximum atomic E-state index is 12.6. The van der Waals surface area contributed by atoms with Gasteiger partial charge in [0.05, 0.1) is 6.33 Å². The first-order valence-corrected chi connectivity index (χ1v) is 8.08. The Hall–Kier alpha value is -0.920. The van der Waals surface area contributed by atoms with Gasteiger partial charge in [-0.25, -0.2) is 13.4 Å². The molecule has 0 radical (unpaired) electrons. The van der Waals surface area contributed by atoms with Crippen molar-refractivity contribution in [1.82, 2.24) is 19.2 Å². The van der Waals surface area contributed by atoms with Gasteiger partial charge in [0, 0.05) is 31.9 Å². The molecule has 1 aliphatic heterocycles. The lowest BCUT2D eigenvalue weighted by atomic mass is 10.2. The lowest BCUT2D eigenvalue weighted by Gasteiger charge is -2.27. The average molecular weight is 286 g/mol. The Bertz CT molecular complexity index is 518. The van der Waals surface area contributed by atoms with Crippen molar-refractivity contribution in [2.45, 2.75) is 43.8 Å². The fourth-order valence-electron chi connectivity index (χ4n) is 2.36. The normalized spacial score (nSPS) is 20.6. The molecular formula is C12H22N4O2S. The molecule has 2 heterocycles. The number of nitrogens with one attached hydrogen (secondary N) is 1. The highest BCUT2D eigenvalue weighted by Crippen LogP contribution is 2.18. The SMILES string of the molecule is CC(C)N(CC1CCCN1)S(=O)(=O)c1cn(C)cn1. The molecule has 1 aromatic heterocycles. The van der Waals surface area contributed by atoms with E-state index in [1.807, 2.05) is 13.8 Å². The highest BCUT2D eigenvalue weighted by molar-refractivity contribution is 7.89. The number of aryl methyl sites for hydroxylation is 1. The fourth-order valence-corrected chi connectivity index (χ4v) is 4.01. The Morgan fingerprint density at radius 1 is 1.58 bits per heavy atom. The first kappa shape index (κ1) is 14.5. The van der Waals surface area contributed by atoms with E-state index >= 15 is 0 Å². The molecule has 19 heavy (non-hydrogen) atoms. The molecule has 1 aliphatic rings. The van der Waals surface area contributed by atoms with Crippen molar-refractivity contribution in [2.75, 3.05) is 13.1 Å². The zero-order chi connectivity index (χ0) is 14.0. The van der Waals surface area contributed by atoms with E-state index in [4.69, 9.17) is 0 Å². The van der Waals surface area contributed by atoms with Gasteiger partial charge in [-0.05, 0) is 33.2 Å². The molecule has 0 bridgehead atoms. The summed E-state index contributed by atoms with van der Waals surface area (Å²) in [6, 6.07) is 0.176. The number of rotatable bonds is 5. The second-order valence-electron chi connectivity index (χ2n) is 5.34. The third-order valence-corrected chi connectivity index (χ3v) is 5.32. The maximum absolute atomic E-state index is 12.6. The zero-order valence-electron chi connectivity index (χ0n) is 11.7. The molecule has 0 amide bonds. The highest BCUT2D eigenvalue weighted by atomic mass is 32.2. The summed E-state index contributed by atoms with van der Waals surface area (Å²) >= 11 is 0. The molecule has 2 rings (SSSR count). The van der Waals surface area contributed by atoms with Gasteiger partial charge in [-0.1, -0.05) is 0 Å². The summed E-state index contributed by atoms with van der Waals surface area (Å²) in [6.45, 7) is 5.28. The van der Waals surface area contributed by atoms with Crippen molar-refractivity contribution in [2.24, 2.45) is 7.05 Å². The van der Waals surface area contributed by atoms with E-state index in [1.165, 1.54) is 6.33 Å². The lowest BCUT2D eigenvalue weighted by Crippen LogP contribution is -2.44. The Kier molecular flexibility index (Phi) is 4.27. The number of imidazole rings is 1. The lowest BCUT2D eigenvalue weighted by molar-refractivity contribution is 0.321. The molecular weight excluding hydrogens is 264 g/mol. The predicted octanol–water partition coefficient (Wildman–Crippen LogP) is 0.571. The Morgan fingerprint density at radius 3 is 2.79 bits per heavy atom. The number of aromatic nitrogens is 2. The van der Waals surface area contributed by atoms with Gasteiger partial charge in [-0.3, -0.25) is 0 Å². The minimum atomic E-state index is -3.51. The number of sulfonamides is 1. The molecule has 1 unspecified atom stereocenters. The average Bonchev–Trinajstić information content (AvgIpc) is 2.96. The summed E-state index contributed by atoms with van der Waals surface area (Å²) in [5, 5.41) is 3.47. The van der Waals surface area contributed by atoms with Crippen LogP contribution in [-0.2, 0) is 17.1 Å². The summed E-state index contributed by atoms with van der Waals surface area (Å²) in [6.07, 6.45) is 5.20. The molecule has 0 aliphatic carbocycles. The second kappa shape index (κ2) is 5.60. The number of hydrogen-bond acceptors (Lipinski definition) is 4. The smallest absolute Gasteiger partial charge is 0.262 e. The van der Waals surface area contributed by atoms with Crippen LogP contribution in [0, 0.1) is 0 Å². The van der Waals surface area contributed by atoms with Crippen LogP contribution in [0.5, 0.6) is 0 Å². The molecule has 0 spiro atoms. The minimum Gasteiger partial charge on any atom is -0.339 e. The van der Waals surface area contributed by atoms with Crippen LogP contribution in [0.1, 0.15) is 26.7 Å². The van der Waals surface area contributed by atoms with Gasteiger partial charge >= 0.3 is 0 Å². The van der Waals surface area contributed by atoms with E-state index in [1.54, 1.807) is 22.1 Å². The standard InChI is InChI=1S/C12H22N4O2S/c1-10(2)16(7-11-5-4-6-13-11)19(17,18)12-8-15(3)9-14-12/h8-11,13H,4-7H2,1-3H3. The van der Waals surface area contributed by atoms with Crippen LogP contribution in [0.4, 0.5) is 0 Å². The van der Waals surface area contributed by atoms with Crippen molar-refractivity contribution >= 4 is 10.0 Å². The molecule has 1 atom stereocenters. The third-order valence-electron chi connectivity index (χ3n) is 3.39. The van der Waals surface area contributed by atoms with Gasteiger partial charge in [0.2, 0.25) is 0 Å². The number of hydrogen-bond donors (Lipinski definition) is 1. The Morgan fingerprint density at radius 2 is 2.32 bits per heavy atom. The van der Waals surface area contributed by atoms with E-state index in [2.05, 4.69) is 10.3 Å². The van der Waals surface area contributed by atoms with Crippen LogP contribution in [-0.4, -0.2) is 47.4 Å². The molecule has 7 heteroatoms. The summed E-state index contributed by atoms with van der Waals surface area (Å²) in [4.78, 5) is 3.98. The molecule has 0 saturated carbocycles. The first-order chi connectivity index (χ1) is 8.91. The van der Waals surface area contributed by atoms with E-state index in [0.29, 0.717) is 6.54 Å². The van der Waals surface area contributed by atoms with E-state index < -0.39 is 10.0 Å². The monoisotopic (exact) mass is 286 g/mol. The van der Waals surface area contributed by atoms with Crippen molar-refractivity contribution in [3.05, 3.63) is 12.5 Å². The topological polar surface area (TPSA) is 67.2 Å². The predicted molar refractivity (Wildman–Crippen MR) is 73.3 cm³/mol. The van der Waals surface area contributed by atoms with Crippen molar-refractivity contribution in [3.63, 3.8) is 0 Å². The van der Waals surface area contributed by atoms with Crippen LogP contribution in [0.25, 0.3) is 0 Å². The zero-order valence-corrected chi connectivity index (χ0v) is 12.5. The summed E-state index contributed by atoms with van der Waals surface area (Å²) in [7, 11) is -1.74. The van der Waals surface area contributed by atoms with Crippen LogP contribution < -0.4 is 5.32 Å². The Labute approximate surface area is 114 Å². The van der Waals surface area contributed by atoms with Crippen molar-refractivity contribution in [1.29, 1.82) is 0 Å². The van der Waals surface area contributed by atoms with Crippen molar-refractivity contribution < 1.29 is 8.42 Å². The van der Waals surface area contributed by atoms with Crippen molar-refractivity contribution in [3.8, 4) is 0 Å². The molecule has 108 valence electrons. The summed E-state index contributed by atoms with van der Waals surface area (Å²) in [5.74, 6) is 0. The van der Waals surface area contributed by atoms with Crippen LogP contribution in [0.3, 0.4) is 0 Å². The first-order valence-electron chi connectivity index (χ1n) is 6.64. The van der Waals surface area contributed by atoms with E-state index in [-0.39, 0.29) is 17.1 Å². The quantitative estimate of drug-likeness (QED) is 0.859. The summed E-state index contributed by atoms with van der Waals surface area (Å²) in [5.41, 5.74) is 0. The Balaban J connectivity index is 2.22. The maximum Gasteiger partial charge on any atom is 0.262 e. The van der Waals surface area contributed by atoms with Crippen LogP contribution in [0.15, 0.2) is 17.6 Å². The van der Waals surface area contributed by atoms with Gasteiger partial charge in [-0.2, -0.15) is 4.31 Å². The molecule has 6 nitrogen and oxygen atoms in total. The van der Waals surface area contributed by atoms with Gasteiger partial charge in [-0.15, -0.1) is 0 Å². The highest BCUT2D eigenvalue weighted by Gasteiger charge is 2.31. The van der Waals surface area contributed by atoms with Gasteiger partial charge in [0.25, 0.3) is 10.0 Å². The molecule has 0 aromatic carbocycles. The second-order valence-corrected chi connectivity index (χ2v) is 7.18. The van der Waals surface area contributed by atoms with Gasteiger partial charge in [0.1, 0.15) is 0 Å². The van der Waals surface area contributed by atoms with Crippen LogP contribution in [0.2, 0.25) is 0 Å². The molecule has 1 saturated heterocycles. The van der Waals surface area contributed by atoms with Gasteiger partial charge < -0.3 is 9.88 Å². The molecule has 1 N–H and O–H groups in total. The van der Waals surface area contributed by atoms with Gasteiger partial charge in [0.15, 0.2) is 5.03 Å².